The highest BCUT2D eigenvalue weighted by Crippen LogP contribution is 2.15. The molecule has 1 fully saturated rings. The number of hydrogen-bond donors (Lipinski definition) is 0. The summed E-state index contributed by atoms with van der Waals surface area (Å²) < 4.78 is 32.6. The number of ether oxygens (including phenoxy) is 3. The summed E-state index contributed by atoms with van der Waals surface area (Å²) >= 11 is 0. The van der Waals surface area contributed by atoms with Crippen molar-refractivity contribution in [2.24, 2.45) is 0 Å². The van der Waals surface area contributed by atoms with E-state index in [0.717, 1.165) is 25.5 Å². The van der Waals surface area contributed by atoms with Crippen molar-refractivity contribution < 1.29 is 27.5 Å². The maximum Gasteiger partial charge on any atom is 0.500 e. The third-order valence-electron chi connectivity index (χ3n) is 3.38. The first kappa shape index (κ1) is 18.0. The Morgan fingerprint density at radius 1 is 1.20 bits per heavy atom. The lowest BCUT2D eigenvalue weighted by atomic mass is 10.3. The summed E-state index contributed by atoms with van der Waals surface area (Å²) in [5.41, 5.74) is 0. The second-order valence-corrected chi connectivity index (χ2v) is 7.88. The fourth-order valence-electron chi connectivity index (χ4n) is 1.85. The van der Waals surface area contributed by atoms with E-state index in [1.54, 1.807) is 21.3 Å². The second-order valence-electron chi connectivity index (χ2n) is 4.79. The lowest BCUT2D eigenvalue weighted by Crippen LogP contribution is -2.42. The summed E-state index contributed by atoms with van der Waals surface area (Å²) in [5, 5.41) is 0. The van der Waals surface area contributed by atoms with Crippen LogP contribution < -0.4 is 0 Å². The highest BCUT2D eigenvalue weighted by molar-refractivity contribution is 6.60. The van der Waals surface area contributed by atoms with Crippen molar-refractivity contribution in [1.82, 2.24) is 0 Å². The van der Waals surface area contributed by atoms with Crippen molar-refractivity contribution in [2.75, 3.05) is 47.8 Å². The first-order chi connectivity index (χ1) is 9.69. The number of rotatable bonds is 13. The molecule has 1 aliphatic rings. The molecule has 2 unspecified atom stereocenters. The Labute approximate surface area is 123 Å². The van der Waals surface area contributed by atoms with Gasteiger partial charge in [0.2, 0.25) is 0 Å². The van der Waals surface area contributed by atoms with Gasteiger partial charge in [0.25, 0.3) is 0 Å². The fraction of sp³-hybridized carbons (Fsp3) is 1.00. The van der Waals surface area contributed by atoms with Gasteiger partial charge in [-0.2, -0.15) is 0 Å². The molecular weight excluding hydrogens is 280 g/mol. The van der Waals surface area contributed by atoms with Crippen LogP contribution in [0.15, 0.2) is 0 Å². The van der Waals surface area contributed by atoms with Crippen LogP contribution in [0.25, 0.3) is 0 Å². The molecule has 0 aromatic heterocycles. The minimum absolute atomic E-state index is 0.147. The molecule has 0 radical (unpaired) electrons. The topological polar surface area (TPSA) is 58.7 Å². The highest BCUT2D eigenvalue weighted by Gasteiger charge is 2.36. The van der Waals surface area contributed by atoms with E-state index in [2.05, 4.69) is 6.92 Å². The van der Waals surface area contributed by atoms with Crippen LogP contribution in [0, 0.1) is 0 Å². The van der Waals surface area contributed by atoms with Gasteiger partial charge in [-0.3, -0.25) is 0 Å². The molecule has 0 aromatic rings. The van der Waals surface area contributed by atoms with E-state index in [1.165, 1.54) is 0 Å². The average molecular weight is 308 g/mol. The molecule has 0 bridgehead atoms. The molecule has 0 saturated carbocycles. The molecule has 1 saturated heterocycles. The average Bonchev–Trinajstić information content (AvgIpc) is 3.31. The van der Waals surface area contributed by atoms with Gasteiger partial charge in [0.1, 0.15) is 6.10 Å². The molecule has 0 amide bonds. The molecule has 120 valence electrons. The Bertz CT molecular complexity index is 237. The van der Waals surface area contributed by atoms with Crippen LogP contribution in [0.2, 0.25) is 6.04 Å². The molecule has 1 aliphatic heterocycles. The third-order valence-corrected chi connectivity index (χ3v) is 6.22. The van der Waals surface area contributed by atoms with Gasteiger partial charge < -0.3 is 27.5 Å². The standard InChI is InChI=1S/C13H28O6Si/c1-5-12(18-10-13-11-19-13)9-17-7-6-8-20(14-2,15-3)16-4/h12-13H,5-11H2,1-4H3. The smallest absolute Gasteiger partial charge is 0.379 e. The van der Waals surface area contributed by atoms with Crippen LogP contribution >= 0.6 is 0 Å². The van der Waals surface area contributed by atoms with E-state index in [-0.39, 0.29) is 6.10 Å². The van der Waals surface area contributed by atoms with Crippen molar-refractivity contribution in [3.63, 3.8) is 0 Å². The molecule has 0 spiro atoms. The summed E-state index contributed by atoms with van der Waals surface area (Å²) in [7, 11) is 2.43. The Morgan fingerprint density at radius 2 is 1.85 bits per heavy atom. The summed E-state index contributed by atoms with van der Waals surface area (Å²) in [6, 6.07) is 0.754. The zero-order valence-electron chi connectivity index (χ0n) is 13.1. The summed E-state index contributed by atoms with van der Waals surface area (Å²) in [4.78, 5) is 0. The molecule has 1 heterocycles. The predicted octanol–water partition coefficient (Wildman–Crippen LogP) is 1.47. The van der Waals surface area contributed by atoms with Crippen LogP contribution in [0.1, 0.15) is 19.8 Å². The maximum atomic E-state index is 5.71. The van der Waals surface area contributed by atoms with E-state index in [1.807, 2.05) is 0 Å². The number of epoxide rings is 1. The molecule has 20 heavy (non-hydrogen) atoms. The normalized spacial score (nSPS) is 20.1. The van der Waals surface area contributed by atoms with Crippen LogP contribution in [0.3, 0.4) is 0 Å². The quantitative estimate of drug-likeness (QED) is 0.292. The van der Waals surface area contributed by atoms with E-state index >= 15 is 0 Å². The lowest BCUT2D eigenvalue weighted by Gasteiger charge is -2.24. The second kappa shape index (κ2) is 9.83. The summed E-state index contributed by atoms with van der Waals surface area (Å²) in [6.45, 7) is 4.87. The van der Waals surface area contributed by atoms with Gasteiger partial charge in [0.15, 0.2) is 0 Å². The van der Waals surface area contributed by atoms with Gasteiger partial charge in [-0.15, -0.1) is 0 Å². The first-order valence-corrected chi connectivity index (χ1v) is 9.09. The van der Waals surface area contributed by atoms with Crippen molar-refractivity contribution in [3.05, 3.63) is 0 Å². The van der Waals surface area contributed by atoms with E-state index in [9.17, 15) is 0 Å². The molecular formula is C13H28O6Si. The molecule has 7 heteroatoms. The van der Waals surface area contributed by atoms with Gasteiger partial charge in [-0.05, 0) is 12.8 Å². The lowest BCUT2D eigenvalue weighted by molar-refractivity contribution is -0.0232. The largest absolute Gasteiger partial charge is 0.500 e. The molecule has 1 rings (SSSR count). The van der Waals surface area contributed by atoms with Crippen LogP contribution in [0.4, 0.5) is 0 Å². The fourth-order valence-corrected chi connectivity index (χ4v) is 3.54. The number of hydrogen-bond acceptors (Lipinski definition) is 6. The van der Waals surface area contributed by atoms with Crippen LogP contribution in [0.5, 0.6) is 0 Å². The van der Waals surface area contributed by atoms with Crippen molar-refractivity contribution in [3.8, 4) is 0 Å². The van der Waals surface area contributed by atoms with Crippen LogP contribution in [-0.2, 0) is 27.5 Å². The Hall–Kier alpha value is -0.0231. The van der Waals surface area contributed by atoms with Crippen LogP contribution in [-0.4, -0.2) is 68.8 Å². The van der Waals surface area contributed by atoms with E-state index < -0.39 is 8.80 Å². The van der Waals surface area contributed by atoms with Gasteiger partial charge in [-0.1, -0.05) is 6.92 Å². The van der Waals surface area contributed by atoms with Gasteiger partial charge in [0, 0.05) is 34.0 Å². The molecule has 6 nitrogen and oxygen atoms in total. The molecule has 0 aromatic carbocycles. The van der Waals surface area contributed by atoms with Gasteiger partial charge in [-0.25, -0.2) is 0 Å². The highest BCUT2D eigenvalue weighted by atomic mass is 28.4. The first-order valence-electron chi connectivity index (χ1n) is 7.16. The van der Waals surface area contributed by atoms with E-state index in [0.29, 0.717) is 25.9 Å². The van der Waals surface area contributed by atoms with Crippen molar-refractivity contribution in [1.29, 1.82) is 0 Å². The minimum atomic E-state index is -2.45. The molecule has 0 N–H and O–H groups in total. The monoisotopic (exact) mass is 308 g/mol. The Morgan fingerprint density at radius 3 is 2.35 bits per heavy atom. The molecule has 0 aliphatic carbocycles. The third kappa shape index (κ3) is 6.62. The Balaban J connectivity index is 2.06. The molecule has 2 atom stereocenters. The summed E-state index contributed by atoms with van der Waals surface area (Å²) in [6.07, 6.45) is 2.25. The summed E-state index contributed by atoms with van der Waals surface area (Å²) in [5.74, 6) is 0. The van der Waals surface area contributed by atoms with Crippen molar-refractivity contribution >= 4 is 8.80 Å². The van der Waals surface area contributed by atoms with Gasteiger partial charge >= 0.3 is 8.80 Å². The maximum absolute atomic E-state index is 5.71. The Kier molecular flexibility index (Phi) is 8.86. The van der Waals surface area contributed by atoms with Crippen molar-refractivity contribution in [2.45, 2.75) is 38.0 Å². The minimum Gasteiger partial charge on any atom is -0.379 e. The van der Waals surface area contributed by atoms with Gasteiger partial charge in [0.05, 0.1) is 25.9 Å². The zero-order valence-corrected chi connectivity index (χ0v) is 14.1. The zero-order chi connectivity index (χ0) is 14.8. The van der Waals surface area contributed by atoms with E-state index in [4.69, 9.17) is 27.5 Å². The predicted molar refractivity (Wildman–Crippen MR) is 76.8 cm³/mol. The SMILES string of the molecule is CCC(COCCC[Si](OC)(OC)OC)OCC1CO1.